The Bertz CT molecular complexity index is 1070. The van der Waals surface area contributed by atoms with E-state index in [1.54, 1.807) is 6.92 Å². The maximum Gasteiger partial charge on any atom is 0.352 e. The Balaban J connectivity index is 0.00000225. The van der Waals surface area contributed by atoms with Gasteiger partial charge >= 0.3 is 5.89 Å². The number of nitrogens with zero attached hydrogens (tertiary/aromatic N) is 1. The van der Waals surface area contributed by atoms with Crippen LogP contribution in [0.5, 0.6) is 0 Å². The SMILES string of the molecule is CC(=O)CC[n+]1c(Cc2ccccc2)oc2ccc(-c3ccccc3)cc21.[Br-]. The Morgan fingerprint density at radius 3 is 2.25 bits per heavy atom. The molecule has 0 saturated heterocycles. The molecule has 3 nitrogen and oxygen atoms in total. The summed E-state index contributed by atoms with van der Waals surface area (Å²) in [7, 11) is 0. The summed E-state index contributed by atoms with van der Waals surface area (Å²) in [5, 5.41) is 0. The zero-order valence-corrected chi connectivity index (χ0v) is 17.4. The van der Waals surface area contributed by atoms with Gasteiger partial charge in [0.2, 0.25) is 5.58 Å². The van der Waals surface area contributed by atoms with Crippen LogP contribution in [0, 0.1) is 0 Å². The lowest BCUT2D eigenvalue weighted by Gasteiger charge is -2.00. The van der Waals surface area contributed by atoms with Gasteiger partial charge in [-0.2, -0.15) is 4.57 Å². The van der Waals surface area contributed by atoms with Gasteiger partial charge in [-0.05, 0) is 29.7 Å². The maximum atomic E-state index is 11.6. The average Bonchev–Trinajstić information content (AvgIpc) is 3.04. The monoisotopic (exact) mass is 435 g/mol. The fourth-order valence-corrected chi connectivity index (χ4v) is 3.36. The Morgan fingerprint density at radius 2 is 1.57 bits per heavy atom. The second-order valence-electron chi connectivity index (χ2n) is 6.81. The van der Waals surface area contributed by atoms with E-state index < -0.39 is 0 Å². The van der Waals surface area contributed by atoms with Crippen LogP contribution >= 0.6 is 0 Å². The van der Waals surface area contributed by atoms with Crippen LogP contribution in [-0.4, -0.2) is 5.78 Å². The molecule has 28 heavy (non-hydrogen) atoms. The van der Waals surface area contributed by atoms with E-state index in [4.69, 9.17) is 4.42 Å². The molecule has 0 aliphatic carbocycles. The van der Waals surface area contributed by atoms with Crippen molar-refractivity contribution >= 4 is 16.9 Å². The van der Waals surface area contributed by atoms with Crippen molar-refractivity contribution in [2.45, 2.75) is 26.3 Å². The van der Waals surface area contributed by atoms with Gasteiger partial charge in [-0.1, -0.05) is 66.7 Å². The van der Waals surface area contributed by atoms with E-state index in [1.807, 2.05) is 42.5 Å². The van der Waals surface area contributed by atoms with Crippen LogP contribution < -0.4 is 21.5 Å². The standard InChI is InChI=1S/C24H22NO2.BrH/c1-18(26)14-15-25-22-17-21(20-10-6-3-7-11-20)12-13-23(22)27-24(25)16-19-8-4-2-5-9-19;/h2-13,17H,14-16H2,1H3;1H/q+1;/p-1. The molecule has 1 heterocycles. The molecule has 0 radical (unpaired) electrons. The molecule has 0 fully saturated rings. The first-order chi connectivity index (χ1) is 13.2. The third-order valence-electron chi connectivity index (χ3n) is 4.77. The molecular weight excluding hydrogens is 414 g/mol. The fourth-order valence-electron chi connectivity index (χ4n) is 3.36. The van der Waals surface area contributed by atoms with Crippen molar-refractivity contribution in [3.63, 3.8) is 0 Å². The molecule has 3 aromatic carbocycles. The van der Waals surface area contributed by atoms with Gasteiger partial charge in [-0.25, -0.2) is 0 Å². The van der Waals surface area contributed by atoms with Gasteiger partial charge in [0.15, 0.2) is 6.54 Å². The number of benzene rings is 3. The van der Waals surface area contributed by atoms with Gasteiger partial charge < -0.3 is 21.4 Å². The van der Waals surface area contributed by atoms with Crippen LogP contribution in [0.2, 0.25) is 0 Å². The zero-order valence-electron chi connectivity index (χ0n) is 15.8. The Hall–Kier alpha value is -2.72. The van der Waals surface area contributed by atoms with Gasteiger partial charge in [0.25, 0.3) is 5.52 Å². The van der Waals surface area contributed by atoms with E-state index >= 15 is 0 Å². The highest BCUT2D eigenvalue weighted by Gasteiger charge is 2.23. The Labute approximate surface area is 175 Å². The molecule has 0 N–H and O–H groups in total. The predicted molar refractivity (Wildman–Crippen MR) is 106 cm³/mol. The topological polar surface area (TPSA) is 34.1 Å². The third kappa shape index (κ3) is 4.39. The first kappa shape index (κ1) is 20.0. The third-order valence-corrected chi connectivity index (χ3v) is 4.77. The van der Waals surface area contributed by atoms with E-state index in [-0.39, 0.29) is 22.8 Å². The Morgan fingerprint density at radius 1 is 0.893 bits per heavy atom. The second-order valence-corrected chi connectivity index (χ2v) is 6.81. The van der Waals surface area contributed by atoms with Gasteiger partial charge in [0, 0.05) is 6.07 Å². The van der Waals surface area contributed by atoms with E-state index in [0.29, 0.717) is 19.4 Å². The number of aryl methyl sites for hydroxylation is 1. The minimum absolute atomic E-state index is 0. The Kier molecular flexibility index (Phi) is 6.42. The van der Waals surface area contributed by atoms with E-state index in [2.05, 4.69) is 41.0 Å². The summed E-state index contributed by atoms with van der Waals surface area (Å²) in [6.07, 6.45) is 1.20. The number of aromatic nitrogens is 1. The maximum absolute atomic E-state index is 11.6. The smallest absolute Gasteiger partial charge is 0.352 e. The predicted octanol–water partition coefficient (Wildman–Crippen LogP) is 1.96. The van der Waals surface area contributed by atoms with Crippen molar-refractivity contribution in [2.24, 2.45) is 0 Å². The van der Waals surface area contributed by atoms with Gasteiger partial charge in [-0.3, -0.25) is 4.79 Å². The summed E-state index contributed by atoms with van der Waals surface area (Å²) >= 11 is 0. The molecule has 0 bridgehead atoms. The second kappa shape index (κ2) is 8.98. The van der Waals surface area contributed by atoms with E-state index in [0.717, 1.165) is 22.6 Å². The molecule has 4 heteroatoms. The highest BCUT2D eigenvalue weighted by Crippen LogP contribution is 2.25. The minimum Gasteiger partial charge on any atom is -1.00 e. The van der Waals surface area contributed by atoms with Crippen LogP contribution in [0.15, 0.2) is 83.3 Å². The van der Waals surface area contributed by atoms with Crippen molar-refractivity contribution in [3.8, 4) is 11.1 Å². The number of fused-ring (bicyclic) bond motifs is 1. The number of hydrogen-bond donors (Lipinski definition) is 0. The molecule has 0 spiro atoms. The highest BCUT2D eigenvalue weighted by molar-refractivity contribution is 5.78. The number of halogens is 1. The van der Waals surface area contributed by atoms with Crippen LogP contribution in [0.25, 0.3) is 22.2 Å². The number of ketones is 1. The van der Waals surface area contributed by atoms with Gasteiger partial charge in [0.1, 0.15) is 5.78 Å². The molecule has 0 atom stereocenters. The molecule has 0 aliphatic heterocycles. The molecular formula is C24H22BrNO2. The summed E-state index contributed by atoms with van der Waals surface area (Å²) < 4.78 is 8.33. The number of carbonyl (C=O) groups is 1. The van der Waals surface area contributed by atoms with Crippen molar-refractivity contribution in [3.05, 3.63) is 90.3 Å². The number of rotatable bonds is 6. The summed E-state index contributed by atoms with van der Waals surface area (Å²) in [5.74, 6) is 1.06. The summed E-state index contributed by atoms with van der Waals surface area (Å²) in [4.78, 5) is 11.6. The average molecular weight is 436 g/mol. The molecule has 4 rings (SSSR count). The number of carbonyl (C=O) groups excluding carboxylic acids is 1. The fraction of sp³-hybridized carbons (Fsp3) is 0.167. The number of hydrogen-bond acceptors (Lipinski definition) is 2. The van der Waals surface area contributed by atoms with Gasteiger partial charge in [-0.15, -0.1) is 0 Å². The number of Topliss-reactive ketones (excluding diaryl/α,β-unsaturated/α-hetero) is 1. The normalized spacial score (nSPS) is 10.6. The van der Waals surface area contributed by atoms with Crippen LogP contribution in [0.1, 0.15) is 24.8 Å². The molecule has 4 aromatic rings. The molecule has 0 unspecified atom stereocenters. The molecule has 0 saturated carbocycles. The summed E-state index contributed by atoms with van der Waals surface area (Å²) in [5.41, 5.74) is 5.39. The van der Waals surface area contributed by atoms with Gasteiger partial charge in [0.05, 0.1) is 12.8 Å². The minimum atomic E-state index is 0. The molecule has 0 aliphatic rings. The van der Waals surface area contributed by atoms with Crippen LogP contribution in [-0.2, 0) is 17.8 Å². The van der Waals surface area contributed by atoms with Crippen molar-refractivity contribution in [1.29, 1.82) is 0 Å². The van der Waals surface area contributed by atoms with Crippen molar-refractivity contribution < 1.29 is 30.8 Å². The first-order valence-electron chi connectivity index (χ1n) is 9.25. The molecule has 1 aromatic heterocycles. The van der Waals surface area contributed by atoms with E-state index in [9.17, 15) is 4.79 Å². The quantitative estimate of drug-likeness (QED) is 0.433. The lowest BCUT2D eigenvalue weighted by molar-refractivity contribution is -0.682. The number of oxazole rings is 1. The molecule has 0 amide bonds. The zero-order chi connectivity index (χ0) is 18.6. The van der Waals surface area contributed by atoms with E-state index in [1.165, 1.54) is 11.1 Å². The van der Waals surface area contributed by atoms with Crippen molar-refractivity contribution in [1.82, 2.24) is 0 Å². The lowest BCUT2D eigenvalue weighted by Crippen LogP contribution is -3.00. The summed E-state index contributed by atoms with van der Waals surface area (Å²) in [6.45, 7) is 2.26. The largest absolute Gasteiger partial charge is 1.00 e. The summed E-state index contributed by atoms with van der Waals surface area (Å²) in [6, 6.07) is 26.8. The molecule has 142 valence electrons. The lowest BCUT2D eigenvalue weighted by atomic mass is 10.1. The van der Waals surface area contributed by atoms with Crippen LogP contribution in [0.4, 0.5) is 0 Å². The highest BCUT2D eigenvalue weighted by atomic mass is 79.9. The first-order valence-corrected chi connectivity index (χ1v) is 9.25. The van der Waals surface area contributed by atoms with Crippen LogP contribution in [0.3, 0.4) is 0 Å². The van der Waals surface area contributed by atoms with Crippen molar-refractivity contribution in [2.75, 3.05) is 0 Å².